The molecule has 3 rings (SSSR count). The number of aryl methyl sites for hydroxylation is 1. The summed E-state index contributed by atoms with van der Waals surface area (Å²) in [6, 6.07) is 3.88. The third-order valence-corrected chi connectivity index (χ3v) is 5.08. The Labute approximate surface area is 140 Å². The number of aromatic nitrogens is 3. The monoisotopic (exact) mass is 333 g/mol. The molecule has 0 aromatic carbocycles. The first-order chi connectivity index (χ1) is 11.2. The van der Waals surface area contributed by atoms with Crippen molar-refractivity contribution in [2.24, 2.45) is 0 Å². The smallest absolute Gasteiger partial charge is 0.236 e. The van der Waals surface area contributed by atoms with Crippen LogP contribution in [0.1, 0.15) is 36.3 Å². The number of fused-ring (bicyclic) bond motifs is 1. The van der Waals surface area contributed by atoms with Crippen LogP contribution in [-0.4, -0.2) is 33.3 Å². The molecule has 23 heavy (non-hydrogen) atoms. The minimum absolute atomic E-state index is 0.0277. The molecule has 2 N–H and O–H groups in total. The third-order valence-electron chi connectivity index (χ3n) is 4.15. The Morgan fingerprint density at radius 2 is 2.35 bits per heavy atom. The number of thiophene rings is 1. The van der Waals surface area contributed by atoms with Crippen molar-refractivity contribution in [1.29, 1.82) is 0 Å². The van der Waals surface area contributed by atoms with Crippen LogP contribution in [-0.2, 0) is 30.7 Å². The lowest BCUT2D eigenvalue weighted by Gasteiger charge is -2.17. The maximum Gasteiger partial charge on any atom is 0.236 e. The molecule has 0 unspecified atom stereocenters. The second-order valence-electron chi connectivity index (χ2n) is 5.86. The highest BCUT2D eigenvalue weighted by atomic mass is 32.1. The summed E-state index contributed by atoms with van der Waals surface area (Å²) in [5.41, 5.74) is 0. The maximum absolute atomic E-state index is 12.1. The Morgan fingerprint density at radius 3 is 3.17 bits per heavy atom. The lowest BCUT2D eigenvalue weighted by Crippen LogP contribution is -2.42. The predicted octanol–water partition coefficient (Wildman–Crippen LogP) is 1.51. The van der Waals surface area contributed by atoms with E-state index in [0.717, 1.165) is 31.0 Å². The van der Waals surface area contributed by atoms with Gasteiger partial charge >= 0.3 is 0 Å². The van der Waals surface area contributed by atoms with E-state index in [0.29, 0.717) is 13.1 Å². The fraction of sp³-hybridized carbons (Fsp3) is 0.562. The van der Waals surface area contributed by atoms with E-state index >= 15 is 0 Å². The van der Waals surface area contributed by atoms with Gasteiger partial charge in [-0.1, -0.05) is 6.07 Å². The molecule has 0 fully saturated rings. The average Bonchev–Trinajstić information content (AvgIpc) is 3.22. The molecule has 2 aromatic heterocycles. The lowest BCUT2D eigenvalue weighted by atomic mass is 10.1. The summed E-state index contributed by atoms with van der Waals surface area (Å²) in [6.07, 6.45) is 4.25. The summed E-state index contributed by atoms with van der Waals surface area (Å²) in [7, 11) is 0. The second-order valence-corrected chi connectivity index (χ2v) is 6.90. The molecule has 2 aromatic rings. The Kier molecular flexibility index (Phi) is 5.40. The molecule has 6 nitrogen and oxygen atoms in total. The summed E-state index contributed by atoms with van der Waals surface area (Å²) in [5, 5.41) is 16.8. The minimum atomic E-state index is -0.241. The van der Waals surface area contributed by atoms with E-state index in [2.05, 4.69) is 36.8 Å². The molecule has 0 spiro atoms. The van der Waals surface area contributed by atoms with Crippen molar-refractivity contribution >= 4 is 17.2 Å². The number of nitrogens with one attached hydrogen (secondary N) is 2. The topological polar surface area (TPSA) is 71.8 Å². The molecule has 3 heterocycles. The number of hydrogen-bond acceptors (Lipinski definition) is 5. The number of carbonyl (C=O) groups is 1. The highest BCUT2D eigenvalue weighted by Gasteiger charge is 2.17. The molecule has 1 amide bonds. The standard InChI is InChI=1S/C16H23N5OS/c1-12(16(22)17-8-7-13-5-4-10-23-13)18-11-15-20-19-14-6-2-3-9-21(14)15/h4-5,10,12,18H,2-3,6-9,11H2,1H3,(H,17,22)/t12-/m0/s1. The van der Waals surface area contributed by atoms with Gasteiger partial charge < -0.3 is 9.88 Å². The molecule has 1 aliphatic heterocycles. The summed E-state index contributed by atoms with van der Waals surface area (Å²) in [6.45, 7) is 4.12. The third kappa shape index (κ3) is 4.17. The van der Waals surface area contributed by atoms with Crippen molar-refractivity contribution in [3.8, 4) is 0 Å². The predicted molar refractivity (Wildman–Crippen MR) is 90.3 cm³/mol. The van der Waals surface area contributed by atoms with Crippen molar-refractivity contribution in [3.05, 3.63) is 34.0 Å². The van der Waals surface area contributed by atoms with Gasteiger partial charge in [0.1, 0.15) is 11.6 Å². The Hall–Kier alpha value is -1.73. The highest BCUT2D eigenvalue weighted by Crippen LogP contribution is 2.14. The van der Waals surface area contributed by atoms with Crippen LogP contribution in [0.15, 0.2) is 17.5 Å². The zero-order valence-corrected chi connectivity index (χ0v) is 14.2. The van der Waals surface area contributed by atoms with Gasteiger partial charge in [0.15, 0.2) is 0 Å². The quantitative estimate of drug-likeness (QED) is 0.806. The van der Waals surface area contributed by atoms with Gasteiger partial charge in [0, 0.05) is 24.4 Å². The van der Waals surface area contributed by atoms with Gasteiger partial charge in [0.2, 0.25) is 5.91 Å². The molecule has 1 atom stereocenters. The van der Waals surface area contributed by atoms with Gasteiger partial charge in [-0.25, -0.2) is 0 Å². The zero-order valence-electron chi connectivity index (χ0n) is 13.4. The number of rotatable bonds is 7. The normalized spacial score (nSPS) is 15.2. The van der Waals surface area contributed by atoms with Gasteiger partial charge in [-0.05, 0) is 37.6 Å². The van der Waals surface area contributed by atoms with Crippen LogP contribution < -0.4 is 10.6 Å². The molecule has 0 radical (unpaired) electrons. The molecule has 0 bridgehead atoms. The van der Waals surface area contributed by atoms with Crippen LogP contribution in [0, 0.1) is 0 Å². The summed E-state index contributed by atoms with van der Waals surface area (Å²) in [4.78, 5) is 13.4. The van der Waals surface area contributed by atoms with Gasteiger partial charge in [-0.15, -0.1) is 21.5 Å². The van der Waals surface area contributed by atoms with E-state index in [-0.39, 0.29) is 11.9 Å². The molecule has 0 aliphatic carbocycles. The van der Waals surface area contributed by atoms with Gasteiger partial charge in [-0.3, -0.25) is 10.1 Å². The van der Waals surface area contributed by atoms with Crippen molar-refractivity contribution in [2.75, 3.05) is 6.54 Å². The zero-order chi connectivity index (χ0) is 16.1. The van der Waals surface area contributed by atoms with Crippen molar-refractivity contribution < 1.29 is 4.79 Å². The number of nitrogens with zero attached hydrogens (tertiary/aromatic N) is 3. The average molecular weight is 333 g/mol. The van der Waals surface area contributed by atoms with E-state index in [4.69, 9.17) is 0 Å². The van der Waals surface area contributed by atoms with Crippen LogP contribution in [0.3, 0.4) is 0 Å². The van der Waals surface area contributed by atoms with Crippen LogP contribution in [0.4, 0.5) is 0 Å². The van der Waals surface area contributed by atoms with E-state index in [1.165, 1.54) is 17.7 Å². The first kappa shape index (κ1) is 16.1. The minimum Gasteiger partial charge on any atom is -0.354 e. The molecular formula is C16H23N5OS. The highest BCUT2D eigenvalue weighted by molar-refractivity contribution is 7.09. The van der Waals surface area contributed by atoms with E-state index in [9.17, 15) is 4.79 Å². The second kappa shape index (κ2) is 7.70. The first-order valence-electron chi connectivity index (χ1n) is 8.18. The van der Waals surface area contributed by atoms with E-state index in [1.54, 1.807) is 11.3 Å². The van der Waals surface area contributed by atoms with Crippen molar-refractivity contribution in [3.63, 3.8) is 0 Å². The summed E-state index contributed by atoms with van der Waals surface area (Å²) >= 11 is 1.72. The van der Waals surface area contributed by atoms with Gasteiger partial charge in [0.25, 0.3) is 0 Å². The van der Waals surface area contributed by atoms with Crippen LogP contribution in [0.25, 0.3) is 0 Å². The van der Waals surface area contributed by atoms with Crippen molar-refractivity contribution in [1.82, 2.24) is 25.4 Å². The van der Waals surface area contributed by atoms with Crippen LogP contribution in [0.2, 0.25) is 0 Å². The Bertz CT molecular complexity index is 637. The molecule has 0 saturated heterocycles. The van der Waals surface area contributed by atoms with E-state index in [1.807, 2.05) is 13.0 Å². The molecule has 1 aliphatic rings. The fourth-order valence-electron chi connectivity index (χ4n) is 2.75. The maximum atomic E-state index is 12.1. The van der Waals surface area contributed by atoms with Crippen LogP contribution in [0.5, 0.6) is 0 Å². The largest absolute Gasteiger partial charge is 0.354 e. The molecular weight excluding hydrogens is 310 g/mol. The summed E-state index contributed by atoms with van der Waals surface area (Å²) < 4.78 is 2.18. The first-order valence-corrected chi connectivity index (χ1v) is 9.06. The molecule has 0 saturated carbocycles. The van der Waals surface area contributed by atoms with Crippen molar-refractivity contribution in [2.45, 2.75) is 51.7 Å². The number of hydrogen-bond donors (Lipinski definition) is 2. The SMILES string of the molecule is C[C@H](NCc1nnc2n1CCCC2)C(=O)NCCc1cccs1. The van der Waals surface area contributed by atoms with Gasteiger partial charge in [0.05, 0.1) is 12.6 Å². The Morgan fingerprint density at radius 1 is 1.43 bits per heavy atom. The number of carbonyl (C=O) groups excluding carboxylic acids is 1. The molecule has 124 valence electrons. The van der Waals surface area contributed by atoms with Gasteiger partial charge in [-0.2, -0.15) is 0 Å². The lowest BCUT2D eigenvalue weighted by molar-refractivity contribution is -0.122. The summed E-state index contributed by atoms with van der Waals surface area (Å²) in [5.74, 6) is 2.03. The fourth-order valence-corrected chi connectivity index (χ4v) is 3.46. The Balaban J connectivity index is 1.42. The van der Waals surface area contributed by atoms with Crippen LogP contribution >= 0.6 is 11.3 Å². The molecule has 7 heteroatoms. The van der Waals surface area contributed by atoms with E-state index < -0.39 is 0 Å². The number of amides is 1.